The molecule has 1 aromatic rings. The average Bonchev–Trinajstić information content (AvgIpc) is 2.66. The molecule has 0 saturated heterocycles. The second-order valence-electron chi connectivity index (χ2n) is 4.17. The quantitative estimate of drug-likeness (QED) is 0.820. The van der Waals surface area contributed by atoms with E-state index >= 15 is 0 Å². The Morgan fingerprint density at radius 1 is 1.59 bits per heavy atom. The SMILES string of the molecule is COc1onc(C(=O)NCC(C)N(C)C)c1C. The predicted molar refractivity (Wildman–Crippen MR) is 63.3 cm³/mol. The molecule has 1 atom stereocenters. The summed E-state index contributed by atoms with van der Waals surface area (Å²) >= 11 is 0. The Labute approximate surface area is 101 Å². The lowest BCUT2D eigenvalue weighted by atomic mass is 10.2. The van der Waals surface area contributed by atoms with E-state index in [4.69, 9.17) is 9.26 Å². The van der Waals surface area contributed by atoms with Gasteiger partial charge in [-0.3, -0.25) is 4.79 Å². The first-order chi connectivity index (χ1) is 7.97. The third kappa shape index (κ3) is 3.20. The minimum absolute atomic E-state index is 0.247. The second kappa shape index (κ2) is 5.67. The lowest BCUT2D eigenvalue weighted by Gasteiger charge is -2.19. The first kappa shape index (κ1) is 13.5. The van der Waals surface area contributed by atoms with Crippen molar-refractivity contribution in [2.45, 2.75) is 19.9 Å². The number of amides is 1. The van der Waals surface area contributed by atoms with Crippen LogP contribution in [0.15, 0.2) is 4.52 Å². The molecule has 1 amide bonds. The van der Waals surface area contributed by atoms with E-state index in [1.807, 2.05) is 25.9 Å². The molecule has 1 aromatic heterocycles. The monoisotopic (exact) mass is 241 g/mol. The molecule has 1 heterocycles. The largest absolute Gasteiger partial charge is 0.467 e. The van der Waals surface area contributed by atoms with Gasteiger partial charge in [0.25, 0.3) is 5.91 Å². The molecule has 1 N–H and O–H groups in total. The first-order valence-corrected chi connectivity index (χ1v) is 5.42. The molecule has 6 nitrogen and oxygen atoms in total. The topological polar surface area (TPSA) is 67.6 Å². The molecule has 0 aliphatic heterocycles. The summed E-state index contributed by atoms with van der Waals surface area (Å²) in [5, 5.41) is 6.48. The Kier molecular flexibility index (Phi) is 4.51. The van der Waals surface area contributed by atoms with Gasteiger partial charge >= 0.3 is 5.95 Å². The maximum absolute atomic E-state index is 11.8. The van der Waals surface area contributed by atoms with Gasteiger partial charge in [0.1, 0.15) is 0 Å². The van der Waals surface area contributed by atoms with Gasteiger partial charge in [-0.2, -0.15) is 0 Å². The molecule has 0 aromatic carbocycles. The van der Waals surface area contributed by atoms with E-state index in [9.17, 15) is 4.79 Å². The zero-order chi connectivity index (χ0) is 13.0. The molecule has 0 bridgehead atoms. The molecule has 0 aliphatic rings. The van der Waals surface area contributed by atoms with Crippen LogP contribution < -0.4 is 10.1 Å². The highest BCUT2D eigenvalue weighted by atomic mass is 16.6. The van der Waals surface area contributed by atoms with E-state index in [2.05, 4.69) is 10.5 Å². The maximum Gasteiger partial charge on any atom is 0.314 e. The second-order valence-corrected chi connectivity index (χ2v) is 4.17. The minimum atomic E-state index is -0.247. The van der Waals surface area contributed by atoms with E-state index in [1.54, 1.807) is 6.92 Å². The van der Waals surface area contributed by atoms with Crippen molar-refractivity contribution in [3.63, 3.8) is 0 Å². The fourth-order valence-electron chi connectivity index (χ4n) is 1.23. The van der Waals surface area contributed by atoms with Crippen LogP contribution >= 0.6 is 0 Å². The van der Waals surface area contributed by atoms with Crippen LogP contribution in [0.4, 0.5) is 0 Å². The molecule has 96 valence electrons. The van der Waals surface area contributed by atoms with Crippen LogP contribution in [0.3, 0.4) is 0 Å². The summed E-state index contributed by atoms with van der Waals surface area (Å²) in [6.07, 6.45) is 0. The van der Waals surface area contributed by atoms with Crippen LogP contribution in [0, 0.1) is 6.92 Å². The number of rotatable bonds is 5. The third-order valence-electron chi connectivity index (χ3n) is 2.72. The van der Waals surface area contributed by atoms with Gasteiger partial charge in [-0.05, 0) is 27.9 Å². The van der Waals surface area contributed by atoms with Crippen molar-refractivity contribution in [1.82, 2.24) is 15.4 Å². The van der Waals surface area contributed by atoms with Crippen molar-refractivity contribution < 1.29 is 14.1 Å². The molecule has 6 heteroatoms. The Hall–Kier alpha value is -1.56. The molecule has 1 unspecified atom stereocenters. The van der Waals surface area contributed by atoms with E-state index in [1.165, 1.54) is 7.11 Å². The number of nitrogens with zero attached hydrogens (tertiary/aromatic N) is 2. The highest BCUT2D eigenvalue weighted by molar-refractivity contribution is 5.93. The van der Waals surface area contributed by atoms with Gasteiger partial charge in [0.2, 0.25) is 0 Å². The van der Waals surface area contributed by atoms with Gasteiger partial charge in [0.05, 0.1) is 12.7 Å². The summed E-state index contributed by atoms with van der Waals surface area (Å²) in [6.45, 7) is 4.32. The zero-order valence-electron chi connectivity index (χ0n) is 10.9. The van der Waals surface area contributed by atoms with Crippen LogP contribution in [-0.2, 0) is 0 Å². The van der Waals surface area contributed by atoms with Crippen molar-refractivity contribution in [3.8, 4) is 5.95 Å². The van der Waals surface area contributed by atoms with Crippen molar-refractivity contribution in [2.24, 2.45) is 0 Å². The molecule has 0 aliphatic carbocycles. The van der Waals surface area contributed by atoms with Crippen molar-refractivity contribution in [1.29, 1.82) is 0 Å². The lowest BCUT2D eigenvalue weighted by molar-refractivity contribution is 0.0934. The molecule has 17 heavy (non-hydrogen) atoms. The normalized spacial score (nSPS) is 12.6. The van der Waals surface area contributed by atoms with Gasteiger partial charge < -0.3 is 19.5 Å². The summed E-state index contributed by atoms with van der Waals surface area (Å²) in [5.41, 5.74) is 0.885. The summed E-state index contributed by atoms with van der Waals surface area (Å²) in [5.74, 6) is 0.0269. The molecular formula is C11H19N3O3. The molecule has 0 saturated carbocycles. The number of nitrogens with one attached hydrogen (secondary N) is 1. The van der Waals surface area contributed by atoms with Gasteiger partial charge in [-0.25, -0.2) is 0 Å². The number of carbonyl (C=O) groups excluding carboxylic acids is 1. The average molecular weight is 241 g/mol. The Morgan fingerprint density at radius 3 is 2.71 bits per heavy atom. The Balaban J connectivity index is 2.61. The summed E-state index contributed by atoms with van der Waals surface area (Å²) < 4.78 is 9.80. The van der Waals surface area contributed by atoms with Gasteiger partial charge in [-0.1, -0.05) is 5.16 Å². The number of hydrogen-bond acceptors (Lipinski definition) is 5. The van der Waals surface area contributed by atoms with Gasteiger partial charge in [0, 0.05) is 12.6 Å². The highest BCUT2D eigenvalue weighted by Crippen LogP contribution is 2.19. The maximum atomic E-state index is 11.8. The third-order valence-corrected chi connectivity index (χ3v) is 2.72. The lowest BCUT2D eigenvalue weighted by Crippen LogP contribution is -2.38. The summed E-state index contributed by atoms with van der Waals surface area (Å²) in [6, 6.07) is 0.257. The molecule has 0 radical (unpaired) electrons. The van der Waals surface area contributed by atoms with E-state index < -0.39 is 0 Å². The predicted octanol–water partition coefficient (Wildman–Crippen LogP) is 0.672. The highest BCUT2D eigenvalue weighted by Gasteiger charge is 2.19. The number of aromatic nitrogens is 1. The van der Waals surface area contributed by atoms with E-state index in [0.717, 1.165) is 0 Å². The fourth-order valence-corrected chi connectivity index (χ4v) is 1.23. The van der Waals surface area contributed by atoms with E-state index in [0.29, 0.717) is 12.1 Å². The van der Waals surface area contributed by atoms with Crippen LogP contribution in [-0.4, -0.2) is 49.8 Å². The number of ether oxygens (including phenoxy) is 1. The summed E-state index contributed by atoms with van der Waals surface area (Å²) in [7, 11) is 5.39. The zero-order valence-corrected chi connectivity index (χ0v) is 10.9. The molecule has 1 rings (SSSR count). The van der Waals surface area contributed by atoms with Gasteiger partial charge in [-0.15, -0.1) is 0 Å². The van der Waals surface area contributed by atoms with Crippen molar-refractivity contribution in [3.05, 3.63) is 11.3 Å². The smallest absolute Gasteiger partial charge is 0.314 e. The van der Waals surface area contributed by atoms with Crippen LogP contribution in [0.5, 0.6) is 5.95 Å². The van der Waals surface area contributed by atoms with Crippen molar-refractivity contribution >= 4 is 5.91 Å². The van der Waals surface area contributed by atoms with Crippen molar-refractivity contribution in [2.75, 3.05) is 27.7 Å². The Morgan fingerprint density at radius 2 is 2.24 bits per heavy atom. The number of hydrogen-bond donors (Lipinski definition) is 1. The fraction of sp³-hybridized carbons (Fsp3) is 0.636. The Bertz CT molecular complexity index is 387. The first-order valence-electron chi connectivity index (χ1n) is 5.42. The molecular weight excluding hydrogens is 222 g/mol. The van der Waals surface area contributed by atoms with Crippen LogP contribution in [0.25, 0.3) is 0 Å². The number of carbonyl (C=O) groups is 1. The minimum Gasteiger partial charge on any atom is -0.467 e. The number of methoxy groups -OCH3 is 1. The van der Waals surface area contributed by atoms with Gasteiger partial charge in [0.15, 0.2) is 5.69 Å². The van der Waals surface area contributed by atoms with E-state index in [-0.39, 0.29) is 23.6 Å². The van der Waals surface area contributed by atoms with Crippen LogP contribution in [0.1, 0.15) is 23.0 Å². The number of likely N-dealkylation sites (N-methyl/N-ethyl adjacent to an activating group) is 1. The van der Waals surface area contributed by atoms with Crippen LogP contribution in [0.2, 0.25) is 0 Å². The summed E-state index contributed by atoms with van der Waals surface area (Å²) in [4.78, 5) is 13.8. The molecule has 0 fully saturated rings. The molecule has 0 spiro atoms. The standard InChI is InChI=1S/C11H19N3O3/c1-7(14(3)4)6-12-10(15)9-8(2)11(16-5)17-13-9/h7H,6H2,1-5H3,(H,12,15).